The Balaban J connectivity index is 2.19. The molecule has 0 aliphatic carbocycles. The third kappa shape index (κ3) is 3.82. The van der Waals surface area contributed by atoms with Crippen molar-refractivity contribution in [3.05, 3.63) is 35.7 Å². The van der Waals surface area contributed by atoms with Crippen LogP contribution in [-0.2, 0) is 9.53 Å². The van der Waals surface area contributed by atoms with Gasteiger partial charge in [-0.2, -0.15) is 0 Å². The molecule has 2 rings (SSSR count). The summed E-state index contributed by atoms with van der Waals surface area (Å²) in [5.41, 5.74) is 0.808. The van der Waals surface area contributed by atoms with Gasteiger partial charge in [0.25, 0.3) is 0 Å². The van der Waals surface area contributed by atoms with E-state index in [2.05, 4.69) is 0 Å². The summed E-state index contributed by atoms with van der Waals surface area (Å²) in [5, 5.41) is 8.58. The van der Waals surface area contributed by atoms with Crippen LogP contribution in [0.2, 0.25) is 0 Å². The van der Waals surface area contributed by atoms with E-state index >= 15 is 0 Å². The van der Waals surface area contributed by atoms with Crippen LogP contribution in [0.5, 0.6) is 0 Å². The molecule has 0 bridgehead atoms. The second-order valence-electron chi connectivity index (χ2n) is 5.56. The number of methoxy groups -OCH3 is 1. The molecule has 0 radical (unpaired) electrons. The van der Waals surface area contributed by atoms with Crippen molar-refractivity contribution >= 4 is 17.7 Å². The van der Waals surface area contributed by atoms with Crippen molar-refractivity contribution in [3.63, 3.8) is 0 Å². The molecular weight excluding hydrogens is 273 g/mol. The zero-order valence-electron chi connectivity index (χ0n) is 12.3. The second kappa shape index (κ2) is 6.26. The van der Waals surface area contributed by atoms with E-state index in [1.807, 2.05) is 11.8 Å². The first-order valence-corrected chi connectivity index (χ1v) is 6.94. The van der Waals surface area contributed by atoms with Gasteiger partial charge in [-0.1, -0.05) is 6.07 Å². The van der Waals surface area contributed by atoms with Gasteiger partial charge in [0.05, 0.1) is 11.3 Å². The lowest BCUT2D eigenvalue weighted by Gasteiger charge is -2.40. The number of carboxylic acid groups (broad SMARTS) is 1. The molecule has 1 atom stereocenters. The summed E-state index contributed by atoms with van der Waals surface area (Å²) in [4.78, 5) is 12.5. The van der Waals surface area contributed by atoms with Crippen molar-refractivity contribution in [3.8, 4) is 0 Å². The van der Waals surface area contributed by atoms with Crippen LogP contribution >= 0.6 is 0 Å². The fourth-order valence-electron chi connectivity index (χ4n) is 2.63. The number of carbonyl (C=O) groups is 1. The minimum absolute atomic E-state index is 0.257. The van der Waals surface area contributed by atoms with Gasteiger partial charge in [0.2, 0.25) is 0 Å². The van der Waals surface area contributed by atoms with Crippen LogP contribution in [-0.4, -0.2) is 36.9 Å². The van der Waals surface area contributed by atoms with Crippen molar-refractivity contribution in [2.24, 2.45) is 0 Å². The number of ether oxygens (including phenoxy) is 1. The molecule has 4 nitrogen and oxygen atoms in total. The van der Waals surface area contributed by atoms with E-state index in [1.165, 1.54) is 12.1 Å². The van der Waals surface area contributed by atoms with E-state index in [4.69, 9.17) is 9.84 Å². The molecule has 0 saturated carbocycles. The molecule has 5 heteroatoms. The predicted octanol–water partition coefficient (Wildman–Crippen LogP) is 2.93. The van der Waals surface area contributed by atoms with E-state index in [0.717, 1.165) is 25.5 Å². The van der Waals surface area contributed by atoms with E-state index in [9.17, 15) is 9.18 Å². The Bertz CT molecular complexity index is 558. The minimum atomic E-state index is -1.05. The third-order valence-corrected chi connectivity index (χ3v) is 3.88. The Morgan fingerprint density at radius 1 is 1.52 bits per heavy atom. The first-order chi connectivity index (χ1) is 9.93. The maximum absolute atomic E-state index is 14.3. The number of nitrogens with zero attached hydrogens (tertiary/aromatic N) is 1. The van der Waals surface area contributed by atoms with Gasteiger partial charge < -0.3 is 14.7 Å². The Morgan fingerprint density at radius 2 is 2.29 bits per heavy atom. The van der Waals surface area contributed by atoms with Gasteiger partial charge in [-0.25, -0.2) is 9.18 Å². The first kappa shape index (κ1) is 15.5. The summed E-state index contributed by atoms with van der Waals surface area (Å²) >= 11 is 0. The summed E-state index contributed by atoms with van der Waals surface area (Å²) in [6, 6.07) is 4.77. The number of halogens is 1. The maximum Gasteiger partial charge on any atom is 0.328 e. The molecule has 1 unspecified atom stereocenters. The minimum Gasteiger partial charge on any atom is -0.478 e. The molecule has 0 spiro atoms. The number of piperidine rings is 1. The highest BCUT2D eigenvalue weighted by Crippen LogP contribution is 2.30. The standard InChI is InChI=1S/C16H20FNO3/c1-16(21-2)8-3-9-18(11-16)14-6-4-12(10-13(14)17)5-7-15(19)20/h4-7,10H,3,8-9,11H2,1-2H3,(H,19,20)/b7-5+. The normalized spacial score (nSPS) is 22.7. The number of rotatable bonds is 4. The number of hydrogen-bond acceptors (Lipinski definition) is 3. The van der Waals surface area contributed by atoms with E-state index in [0.29, 0.717) is 17.8 Å². The predicted molar refractivity (Wildman–Crippen MR) is 79.9 cm³/mol. The molecule has 1 N–H and O–H groups in total. The van der Waals surface area contributed by atoms with Gasteiger partial charge in [-0.15, -0.1) is 0 Å². The van der Waals surface area contributed by atoms with Crippen LogP contribution in [0, 0.1) is 5.82 Å². The highest BCUT2D eigenvalue weighted by atomic mass is 19.1. The van der Waals surface area contributed by atoms with Crippen LogP contribution < -0.4 is 4.90 Å². The summed E-state index contributed by atoms with van der Waals surface area (Å²) in [5.74, 6) is -1.39. The molecule has 1 fully saturated rings. The van der Waals surface area contributed by atoms with Crippen LogP contribution in [0.3, 0.4) is 0 Å². The van der Waals surface area contributed by atoms with Gasteiger partial charge in [-0.3, -0.25) is 0 Å². The van der Waals surface area contributed by atoms with Gasteiger partial charge in [0, 0.05) is 26.3 Å². The third-order valence-electron chi connectivity index (χ3n) is 3.88. The zero-order chi connectivity index (χ0) is 15.5. The van der Waals surface area contributed by atoms with Crippen molar-refractivity contribution in [1.82, 2.24) is 0 Å². The molecule has 0 aromatic heterocycles. The number of carboxylic acids is 1. The topological polar surface area (TPSA) is 49.8 Å². The average Bonchev–Trinajstić information content (AvgIpc) is 2.45. The lowest BCUT2D eigenvalue weighted by Crippen LogP contribution is -2.47. The van der Waals surface area contributed by atoms with Crippen LogP contribution in [0.1, 0.15) is 25.3 Å². The maximum atomic E-state index is 14.3. The fraction of sp³-hybridized carbons (Fsp3) is 0.438. The van der Waals surface area contributed by atoms with Gasteiger partial charge in [0.1, 0.15) is 5.82 Å². The smallest absolute Gasteiger partial charge is 0.328 e. The summed E-state index contributed by atoms with van der Waals surface area (Å²) in [6.45, 7) is 3.46. The highest BCUT2D eigenvalue weighted by Gasteiger charge is 2.31. The molecule has 1 aliphatic heterocycles. The molecule has 21 heavy (non-hydrogen) atoms. The van der Waals surface area contributed by atoms with Gasteiger partial charge in [0.15, 0.2) is 0 Å². The molecule has 114 valence electrons. The molecule has 1 saturated heterocycles. The fourth-order valence-corrected chi connectivity index (χ4v) is 2.63. The van der Waals surface area contributed by atoms with Crippen molar-refractivity contribution in [1.29, 1.82) is 0 Å². The van der Waals surface area contributed by atoms with Crippen LogP contribution in [0.15, 0.2) is 24.3 Å². The van der Waals surface area contributed by atoms with Crippen LogP contribution in [0.25, 0.3) is 6.08 Å². The molecule has 1 aromatic carbocycles. The largest absolute Gasteiger partial charge is 0.478 e. The number of anilines is 1. The lowest BCUT2D eigenvalue weighted by molar-refractivity contribution is -0.131. The quantitative estimate of drug-likeness (QED) is 0.867. The molecule has 0 amide bonds. The molecular formula is C16H20FNO3. The van der Waals surface area contributed by atoms with Crippen molar-refractivity contribution < 1.29 is 19.0 Å². The molecule has 1 heterocycles. The second-order valence-corrected chi connectivity index (χ2v) is 5.56. The zero-order valence-corrected chi connectivity index (χ0v) is 12.3. The van der Waals surface area contributed by atoms with E-state index in [-0.39, 0.29) is 11.4 Å². The van der Waals surface area contributed by atoms with Crippen molar-refractivity contribution in [2.45, 2.75) is 25.4 Å². The number of hydrogen-bond donors (Lipinski definition) is 1. The molecule has 1 aliphatic rings. The van der Waals surface area contributed by atoms with Gasteiger partial charge >= 0.3 is 5.97 Å². The Morgan fingerprint density at radius 3 is 2.90 bits per heavy atom. The SMILES string of the molecule is COC1(C)CCCN(c2ccc(/C=C/C(=O)O)cc2F)C1. The Hall–Kier alpha value is -1.88. The average molecular weight is 293 g/mol. The lowest BCUT2D eigenvalue weighted by atomic mass is 9.94. The van der Waals surface area contributed by atoms with E-state index < -0.39 is 5.97 Å². The first-order valence-electron chi connectivity index (χ1n) is 6.94. The molecule has 1 aromatic rings. The Kier molecular flexibility index (Phi) is 4.63. The highest BCUT2D eigenvalue weighted by molar-refractivity contribution is 5.85. The van der Waals surface area contributed by atoms with E-state index in [1.54, 1.807) is 19.2 Å². The monoisotopic (exact) mass is 293 g/mol. The number of benzene rings is 1. The summed E-state index contributed by atoms with van der Waals surface area (Å²) in [7, 11) is 1.68. The summed E-state index contributed by atoms with van der Waals surface area (Å²) < 4.78 is 19.8. The number of aliphatic carboxylic acids is 1. The van der Waals surface area contributed by atoms with Gasteiger partial charge in [-0.05, 0) is 43.5 Å². The summed E-state index contributed by atoms with van der Waals surface area (Å²) in [6.07, 6.45) is 4.29. The van der Waals surface area contributed by atoms with Crippen LogP contribution in [0.4, 0.5) is 10.1 Å². The Labute approximate surface area is 123 Å². The van der Waals surface area contributed by atoms with Crippen molar-refractivity contribution in [2.75, 3.05) is 25.1 Å².